The molecular formula is C16H21N5O2. The number of hydrogen-bond donors (Lipinski definition) is 1. The monoisotopic (exact) mass is 315 g/mol. The summed E-state index contributed by atoms with van der Waals surface area (Å²) in [7, 11) is 0. The summed E-state index contributed by atoms with van der Waals surface area (Å²) in [5.74, 6) is 0.404. The number of ether oxygens (including phenoxy) is 1. The molecular weight excluding hydrogens is 294 g/mol. The number of carbonyl (C=O) groups is 1. The number of nitrogens with zero attached hydrogens (tertiary/aromatic N) is 4. The van der Waals surface area contributed by atoms with Crippen LogP contribution in [-0.4, -0.2) is 32.3 Å². The largest absolute Gasteiger partial charge is 0.477 e. The standard InChI is InChI=1S/C16H21N5O2/c1-2-3-10-23-16-14(6-4-8-18-16)11-19-15(22)7-5-9-21-13-17-12-20-21/h4-8,12-13H,2-3,9-11H2,1H3,(H,19,22)/b7-5+. The van der Waals surface area contributed by atoms with Gasteiger partial charge in [0.1, 0.15) is 12.7 Å². The molecule has 0 bridgehead atoms. The van der Waals surface area contributed by atoms with E-state index in [1.54, 1.807) is 23.3 Å². The summed E-state index contributed by atoms with van der Waals surface area (Å²) >= 11 is 0. The lowest BCUT2D eigenvalue weighted by Gasteiger charge is -2.10. The van der Waals surface area contributed by atoms with E-state index < -0.39 is 0 Å². The Labute approximate surface area is 135 Å². The third-order valence-electron chi connectivity index (χ3n) is 3.07. The molecule has 0 fully saturated rings. The molecule has 1 amide bonds. The number of carbonyl (C=O) groups excluding carboxylic acids is 1. The molecule has 0 aromatic carbocycles. The zero-order valence-electron chi connectivity index (χ0n) is 13.2. The van der Waals surface area contributed by atoms with E-state index in [0.717, 1.165) is 18.4 Å². The first-order chi connectivity index (χ1) is 11.3. The van der Waals surface area contributed by atoms with Gasteiger partial charge < -0.3 is 10.1 Å². The molecule has 0 saturated heterocycles. The molecule has 2 heterocycles. The van der Waals surface area contributed by atoms with Gasteiger partial charge in [-0.15, -0.1) is 0 Å². The van der Waals surface area contributed by atoms with E-state index in [1.165, 1.54) is 12.4 Å². The minimum Gasteiger partial charge on any atom is -0.477 e. The summed E-state index contributed by atoms with van der Waals surface area (Å²) in [4.78, 5) is 19.9. The fourth-order valence-corrected chi connectivity index (χ4v) is 1.84. The number of rotatable bonds is 9. The lowest BCUT2D eigenvalue weighted by atomic mass is 10.2. The highest BCUT2D eigenvalue weighted by Crippen LogP contribution is 2.14. The predicted octanol–water partition coefficient (Wildman–Crippen LogP) is 1.72. The first kappa shape index (κ1) is 16.7. The molecule has 0 aliphatic heterocycles. The van der Waals surface area contributed by atoms with Gasteiger partial charge in [-0.05, 0) is 12.5 Å². The van der Waals surface area contributed by atoms with Crippen molar-refractivity contribution in [1.29, 1.82) is 0 Å². The zero-order valence-corrected chi connectivity index (χ0v) is 13.2. The second kappa shape index (κ2) is 9.34. The number of nitrogens with one attached hydrogen (secondary N) is 1. The Morgan fingerprint density at radius 1 is 1.48 bits per heavy atom. The second-order valence-corrected chi connectivity index (χ2v) is 4.91. The Hall–Kier alpha value is -2.70. The molecule has 0 radical (unpaired) electrons. The van der Waals surface area contributed by atoms with Gasteiger partial charge in [0, 0.05) is 24.4 Å². The maximum absolute atomic E-state index is 11.8. The molecule has 7 nitrogen and oxygen atoms in total. The van der Waals surface area contributed by atoms with E-state index in [1.807, 2.05) is 12.1 Å². The Bertz CT molecular complexity index is 625. The fourth-order valence-electron chi connectivity index (χ4n) is 1.84. The Kier molecular flexibility index (Phi) is 6.77. The van der Waals surface area contributed by atoms with Crippen molar-refractivity contribution in [2.75, 3.05) is 6.61 Å². The number of hydrogen-bond acceptors (Lipinski definition) is 5. The van der Waals surface area contributed by atoms with Crippen molar-refractivity contribution < 1.29 is 9.53 Å². The molecule has 0 unspecified atom stereocenters. The molecule has 0 saturated carbocycles. The highest BCUT2D eigenvalue weighted by molar-refractivity contribution is 5.87. The summed E-state index contributed by atoms with van der Waals surface area (Å²) in [6, 6.07) is 3.72. The van der Waals surface area contributed by atoms with Crippen LogP contribution in [0.2, 0.25) is 0 Å². The van der Waals surface area contributed by atoms with Crippen LogP contribution in [0.25, 0.3) is 0 Å². The third-order valence-corrected chi connectivity index (χ3v) is 3.07. The van der Waals surface area contributed by atoms with Crippen LogP contribution in [0.15, 0.2) is 43.1 Å². The Morgan fingerprint density at radius 2 is 2.39 bits per heavy atom. The molecule has 0 atom stereocenters. The van der Waals surface area contributed by atoms with E-state index >= 15 is 0 Å². The van der Waals surface area contributed by atoms with Gasteiger partial charge in [0.15, 0.2) is 0 Å². The maximum Gasteiger partial charge on any atom is 0.243 e. The van der Waals surface area contributed by atoms with Crippen LogP contribution >= 0.6 is 0 Å². The second-order valence-electron chi connectivity index (χ2n) is 4.91. The predicted molar refractivity (Wildman–Crippen MR) is 85.6 cm³/mol. The normalized spacial score (nSPS) is 10.8. The van der Waals surface area contributed by atoms with E-state index in [0.29, 0.717) is 25.6 Å². The van der Waals surface area contributed by atoms with Crippen molar-refractivity contribution >= 4 is 5.91 Å². The van der Waals surface area contributed by atoms with E-state index in [9.17, 15) is 4.79 Å². The number of unbranched alkanes of at least 4 members (excludes halogenated alkanes) is 1. The average molecular weight is 315 g/mol. The van der Waals surface area contributed by atoms with Gasteiger partial charge in [-0.3, -0.25) is 4.79 Å². The lowest BCUT2D eigenvalue weighted by Crippen LogP contribution is -2.21. The summed E-state index contributed by atoms with van der Waals surface area (Å²) in [5, 5.41) is 6.77. The maximum atomic E-state index is 11.8. The minimum atomic E-state index is -0.173. The summed E-state index contributed by atoms with van der Waals surface area (Å²) in [6.45, 7) is 3.62. The molecule has 7 heteroatoms. The van der Waals surface area contributed by atoms with Gasteiger partial charge in [0.25, 0.3) is 0 Å². The first-order valence-corrected chi connectivity index (χ1v) is 7.63. The van der Waals surface area contributed by atoms with Crippen molar-refractivity contribution in [3.8, 4) is 5.88 Å². The van der Waals surface area contributed by atoms with Crippen molar-refractivity contribution in [3.05, 3.63) is 48.7 Å². The van der Waals surface area contributed by atoms with Crippen molar-refractivity contribution in [3.63, 3.8) is 0 Å². The van der Waals surface area contributed by atoms with Crippen molar-refractivity contribution in [1.82, 2.24) is 25.1 Å². The molecule has 2 rings (SSSR count). The highest BCUT2D eigenvalue weighted by atomic mass is 16.5. The average Bonchev–Trinajstić information content (AvgIpc) is 3.07. The quantitative estimate of drug-likeness (QED) is 0.563. The highest BCUT2D eigenvalue weighted by Gasteiger charge is 2.05. The molecule has 0 spiro atoms. The van der Waals surface area contributed by atoms with Crippen LogP contribution in [0.3, 0.4) is 0 Å². The van der Waals surface area contributed by atoms with E-state index in [-0.39, 0.29) is 5.91 Å². The molecule has 122 valence electrons. The van der Waals surface area contributed by atoms with Crippen LogP contribution < -0.4 is 10.1 Å². The molecule has 2 aromatic rings. The Balaban J connectivity index is 1.80. The van der Waals surface area contributed by atoms with Gasteiger partial charge in [-0.25, -0.2) is 14.6 Å². The SMILES string of the molecule is CCCCOc1ncccc1CNC(=O)/C=C/Cn1cncn1. The zero-order chi connectivity index (χ0) is 16.3. The number of allylic oxidation sites excluding steroid dienone is 1. The molecule has 1 N–H and O–H groups in total. The van der Waals surface area contributed by atoms with Crippen LogP contribution in [0.4, 0.5) is 0 Å². The topological polar surface area (TPSA) is 81.9 Å². The molecule has 0 aliphatic rings. The summed E-state index contributed by atoms with van der Waals surface area (Å²) in [5.41, 5.74) is 0.863. The minimum absolute atomic E-state index is 0.173. The van der Waals surface area contributed by atoms with E-state index in [2.05, 4.69) is 27.3 Å². The van der Waals surface area contributed by atoms with E-state index in [4.69, 9.17) is 4.74 Å². The summed E-state index contributed by atoms with van der Waals surface area (Å²) < 4.78 is 7.27. The molecule has 23 heavy (non-hydrogen) atoms. The lowest BCUT2D eigenvalue weighted by molar-refractivity contribution is -0.116. The van der Waals surface area contributed by atoms with Crippen LogP contribution in [-0.2, 0) is 17.9 Å². The number of aromatic nitrogens is 4. The van der Waals surface area contributed by atoms with Crippen LogP contribution in [0, 0.1) is 0 Å². The summed E-state index contributed by atoms with van der Waals surface area (Å²) in [6.07, 6.45) is 9.99. The smallest absolute Gasteiger partial charge is 0.243 e. The van der Waals surface area contributed by atoms with Gasteiger partial charge in [-0.1, -0.05) is 25.5 Å². The first-order valence-electron chi connectivity index (χ1n) is 7.63. The van der Waals surface area contributed by atoms with Gasteiger partial charge >= 0.3 is 0 Å². The number of amides is 1. The number of pyridine rings is 1. The Morgan fingerprint density at radius 3 is 3.17 bits per heavy atom. The van der Waals surface area contributed by atoms with Gasteiger partial charge in [0.05, 0.1) is 13.2 Å². The third kappa shape index (κ3) is 5.90. The van der Waals surface area contributed by atoms with Crippen LogP contribution in [0.1, 0.15) is 25.3 Å². The van der Waals surface area contributed by atoms with Gasteiger partial charge in [-0.2, -0.15) is 5.10 Å². The van der Waals surface area contributed by atoms with Crippen molar-refractivity contribution in [2.45, 2.75) is 32.9 Å². The molecule has 0 aliphatic carbocycles. The van der Waals surface area contributed by atoms with Crippen molar-refractivity contribution in [2.24, 2.45) is 0 Å². The van der Waals surface area contributed by atoms with Gasteiger partial charge in [0.2, 0.25) is 11.8 Å². The molecule has 2 aromatic heterocycles. The van der Waals surface area contributed by atoms with Crippen LogP contribution in [0.5, 0.6) is 5.88 Å². The fraction of sp³-hybridized carbons (Fsp3) is 0.375.